The molecule has 0 bridgehead atoms. The number of nitrogens with zero attached hydrogens (tertiary/aromatic N) is 3. The number of hydrogen-bond acceptors (Lipinski definition) is 11. The number of pyridine rings is 1. The van der Waals surface area contributed by atoms with Gasteiger partial charge in [0.1, 0.15) is 23.2 Å². The van der Waals surface area contributed by atoms with E-state index in [4.69, 9.17) is 23.1 Å². The summed E-state index contributed by atoms with van der Waals surface area (Å²) in [5.74, 6) is -2.90. The topological polar surface area (TPSA) is 238 Å². The number of unbranched alkanes of at least 4 members (excludes halogenated alkanes) is 1. The third-order valence-electron chi connectivity index (χ3n) is 10.7. The summed E-state index contributed by atoms with van der Waals surface area (Å²) < 4.78 is 0. The van der Waals surface area contributed by atoms with Gasteiger partial charge in [0.05, 0.1) is 17.5 Å². The number of allylic oxidation sites excluding steroid dienone is 1. The van der Waals surface area contributed by atoms with E-state index in [1.165, 1.54) is 29.0 Å². The maximum Gasteiger partial charge on any atom is 0.306 e. The van der Waals surface area contributed by atoms with E-state index < -0.39 is 54.2 Å². The van der Waals surface area contributed by atoms with E-state index in [1.54, 1.807) is 31.4 Å². The van der Waals surface area contributed by atoms with E-state index in [0.29, 0.717) is 76.8 Å². The van der Waals surface area contributed by atoms with Crippen molar-refractivity contribution in [3.8, 4) is 0 Å². The Labute approximate surface area is 357 Å². The van der Waals surface area contributed by atoms with Crippen molar-refractivity contribution in [2.24, 2.45) is 16.5 Å². The molecule has 17 heteroatoms. The summed E-state index contributed by atoms with van der Waals surface area (Å²) in [6.07, 6.45) is 8.43. The Morgan fingerprint density at radius 3 is 2.52 bits per heavy atom. The Hall–Kier alpha value is -5.39. The van der Waals surface area contributed by atoms with E-state index in [9.17, 15) is 29.1 Å². The molecule has 2 aromatic heterocycles. The highest BCUT2D eigenvalue weighted by atomic mass is 35.5. The fourth-order valence-electron chi connectivity index (χ4n) is 7.41. The largest absolute Gasteiger partial charge is 0.481 e. The number of dihydropyridines is 1. The van der Waals surface area contributed by atoms with Gasteiger partial charge in [-0.2, -0.15) is 0 Å². The summed E-state index contributed by atoms with van der Waals surface area (Å²) in [5, 5.41) is 20.6. The van der Waals surface area contributed by atoms with Crippen LogP contribution in [0.5, 0.6) is 0 Å². The lowest BCUT2D eigenvalue weighted by Gasteiger charge is -2.32. The lowest BCUT2D eigenvalue weighted by atomic mass is 9.95. The monoisotopic (exact) mass is 855 g/mol. The molecule has 316 valence electrons. The van der Waals surface area contributed by atoms with Crippen molar-refractivity contribution in [1.29, 1.82) is 0 Å². The van der Waals surface area contributed by atoms with E-state index in [-0.39, 0.29) is 25.4 Å². The second kappa shape index (κ2) is 20.7. The molecule has 3 amide bonds. The summed E-state index contributed by atoms with van der Waals surface area (Å²) in [6.45, 7) is 0.920. The van der Waals surface area contributed by atoms with E-state index >= 15 is 0 Å². The zero-order chi connectivity index (χ0) is 42.8. The second-order valence-electron chi connectivity index (χ2n) is 14.8. The number of carbonyl (C=O) groups excluding carboxylic acids is 4. The number of hydrogen-bond donors (Lipinski definition) is 7. The number of halogens is 1. The Morgan fingerprint density at radius 1 is 0.967 bits per heavy atom. The predicted molar refractivity (Wildman–Crippen MR) is 231 cm³/mol. The van der Waals surface area contributed by atoms with Crippen molar-refractivity contribution < 1.29 is 29.1 Å². The van der Waals surface area contributed by atoms with Gasteiger partial charge in [-0.05, 0) is 91.7 Å². The van der Waals surface area contributed by atoms with Crippen molar-refractivity contribution in [2.75, 3.05) is 20.1 Å². The average molecular weight is 856 g/mol. The van der Waals surface area contributed by atoms with Crippen LogP contribution in [0, 0.1) is 0 Å². The number of aliphatic imine (C=N–C) groups is 1. The molecule has 2 aliphatic rings. The van der Waals surface area contributed by atoms with Crippen molar-refractivity contribution in [2.45, 2.75) is 92.1 Å². The summed E-state index contributed by atoms with van der Waals surface area (Å²) in [4.78, 5) is 82.2. The molecule has 0 spiro atoms. The first kappa shape index (κ1) is 44.2. The Bertz CT molecular complexity index is 2300. The number of carboxylic acids is 1. The van der Waals surface area contributed by atoms with Gasteiger partial charge in [-0.15, -0.1) is 0 Å². The Kier molecular flexibility index (Phi) is 15.3. The van der Waals surface area contributed by atoms with Crippen LogP contribution in [0.2, 0.25) is 5.02 Å². The third kappa shape index (κ3) is 10.7. The van der Waals surface area contributed by atoms with Crippen LogP contribution in [0.25, 0.3) is 16.5 Å². The number of ketones is 1. The quantitative estimate of drug-likeness (QED) is 0.101. The molecule has 2 aliphatic heterocycles. The zero-order valence-corrected chi connectivity index (χ0v) is 34.9. The van der Waals surface area contributed by atoms with E-state index in [2.05, 4.69) is 30.9 Å². The number of nitrogens with two attached hydrogens (primary N) is 2. The molecule has 9 N–H and O–H groups in total. The van der Waals surface area contributed by atoms with Crippen LogP contribution < -0.4 is 27.4 Å². The summed E-state index contributed by atoms with van der Waals surface area (Å²) in [7, 11) is 1.57. The normalized spacial score (nSPS) is 20.5. The highest BCUT2D eigenvalue weighted by molar-refractivity contribution is 7.99. The fraction of sp³-hybridized carbons (Fsp3) is 0.372. The number of carboxylic acid groups (broad SMARTS) is 1. The molecule has 60 heavy (non-hydrogen) atoms. The standard InChI is InChI=1S/C43H50ClN9O6S/c1-53-36(18-26-22-48-32-10-3-2-9-29(26)32)41(58)51-24-30-28(27-19-37(54)35(50-23-27)20-38(55)56)13-14-31(44)39(30)60-42-25(8-7-17-47-42)21-49-33(12-6-16-46)40(57)52-34(43(53)59)11-4-5-15-45/h2-3,7-10,13-14,17,19,22-23,33-36,48-49H,4-6,11-12,15-16,18,20-21,24,45-46H2,1H3,(H,51,58)(H,52,57)(H,55,56)/t33-,34-,35?,36-/m0/s1. The SMILES string of the molecule is CN1C(=O)[C@H](CCCCN)NC(=O)[C@H](CCCN)NCc2cccnc2Sc2c(Cl)ccc(C3=CC(=O)C(CC(=O)O)N=C3)c2CNC(=O)[C@@H]1Cc1c[nH]c2ccccc12. The van der Waals surface area contributed by atoms with Crippen LogP contribution in [0.4, 0.5) is 0 Å². The lowest BCUT2D eigenvalue weighted by Crippen LogP contribution is -2.57. The van der Waals surface area contributed by atoms with Gasteiger partial charge in [0, 0.05) is 66.5 Å². The molecule has 0 saturated carbocycles. The van der Waals surface area contributed by atoms with Gasteiger partial charge < -0.3 is 42.4 Å². The van der Waals surface area contributed by atoms with Crippen molar-refractivity contribution in [1.82, 2.24) is 30.8 Å². The number of H-pyrrole nitrogens is 1. The predicted octanol–water partition coefficient (Wildman–Crippen LogP) is 3.76. The molecule has 0 radical (unpaired) electrons. The number of aromatic nitrogens is 2. The van der Waals surface area contributed by atoms with Crippen molar-refractivity contribution in [3.05, 3.63) is 94.3 Å². The van der Waals surface area contributed by atoms with Crippen LogP contribution in [-0.4, -0.2) is 100.0 Å². The van der Waals surface area contributed by atoms with Gasteiger partial charge in [-0.1, -0.05) is 53.7 Å². The van der Waals surface area contributed by atoms with Crippen molar-refractivity contribution >= 4 is 75.5 Å². The maximum atomic E-state index is 14.7. The molecule has 4 atom stereocenters. The number of amides is 3. The molecule has 0 aliphatic carbocycles. The molecule has 0 saturated heterocycles. The molecule has 1 unspecified atom stereocenters. The van der Waals surface area contributed by atoms with Crippen LogP contribution in [0.3, 0.4) is 0 Å². The molecule has 4 heterocycles. The molecule has 2 aromatic carbocycles. The number of nitrogens with one attached hydrogen (secondary N) is 4. The zero-order valence-electron chi connectivity index (χ0n) is 33.3. The average Bonchev–Trinajstić information content (AvgIpc) is 3.65. The molecule has 6 rings (SSSR count). The van der Waals surface area contributed by atoms with Crippen LogP contribution >= 0.6 is 23.4 Å². The fourth-order valence-corrected chi connectivity index (χ4v) is 8.75. The number of aliphatic carboxylic acids is 1. The minimum atomic E-state index is -1.15. The Balaban J connectivity index is 1.47. The molecule has 4 aromatic rings. The Morgan fingerprint density at radius 2 is 1.75 bits per heavy atom. The lowest BCUT2D eigenvalue weighted by molar-refractivity contribution is -0.142. The second-order valence-corrected chi connectivity index (χ2v) is 16.2. The number of carbonyl (C=O) groups is 5. The first-order chi connectivity index (χ1) is 29.0. The van der Waals surface area contributed by atoms with E-state index in [0.717, 1.165) is 22.0 Å². The number of para-hydroxylation sites is 1. The first-order valence-electron chi connectivity index (χ1n) is 20.0. The van der Waals surface area contributed by atoms with Gasteiger partial charge in [0.15, 0.2) is 5.78 Å². The molecular weight excluding hydrogens is 806 g/mol. The number of fused-ring (bicyclic) bond motifs is 3. The van der Waals surface area contributed by atoms with Crippen LogP contribution in [0.15, 0.2) is 81.9 Å². The highest BCUT2D eigenvalue weighted by Gasteiger charge is 2.35. The number of likely N-dealkylation sites (N-methyl/N-ethyl adjacent to an activating group) is 1. The molecule has 15 nitrogen and oxygen atoms in total. The number of benzene rings is 2. The summed E-state index contributed by atoms with van der Waals surface area (Å²) in [6, 6.07) is 11.0. The number of rotatable bonds is 12. The highest BCUT2D eigenvalue weighted by Crippen LogP contribution is 2.40. The first-order valence-corrected chi connectivity index (χ1v) is 21.2. The summed E-state index contributed by atoms with van der Waals surface area (Å²) in [5.41, 5.74) is 15.7. The smallest absolute Gasteiger partial charge is 0.306 e. The van der Waals surface area contributed by atoms with Gasteiger partial charge in [0.25, 0.3) is 0 Å². The van der Waals surface area contributed by atoms with E-state index in [1.807, 2.05) is 36.5 Å². The van der Waals surface area contributed by atoms with Gasteiger partial charge >= 0.3 is 5.97 Å². The van der Waals surface area contributed by atoms with Crippen LogP contribution in [0.1, 0.15) is 60.8 Å². The molecule has 0 fully saturated rings. The summed E-state index contributed by atoms with van der Waals surface area (Å²) >= 11 is 8.25. The van der Waals surface area contributed by atoms with Gasteiger partial charge in [-0.25, -0.2) is 4.98 Å². The number of aromatic amines is 1. The van der Waals surface area contributed by atoms with Gasteiger partial charge in [-0.3, -0.25) is 29.0 Å². The minimum Gasteiger partial charge on any atom is -0.481 e. The maximum absolute atomic E-state index is 14.7. The minimum absolute atomic E-state index is 0.0837. The third-order valence-corrected chi connectivity index (χ3v) is 12.4. The van der Waals surface area contributed by atoms with Crippen molar-refractivity contribution in [3.63, 3.8) is 0 Å². The van der Waals surface area contributed by atoms with Crippen LogP contribution in [-0.2, 0) is 43.5 Å². The molecular formula is C43H50ClN9O6S. The van der Waals surface area contributed by atoms with Gasteiger partial charge in [0.2, 0.25) is 17.7 Å².